The monoisotopic (exact) mass is 415 g/mol. The number of hydrogen-bond donors (Lipinski definition) is 1. The molecular formula is C20H28F3N3O3. The molecule has 1 aliphatic rings. The SMILES string of the molecule is CCNC(=NCc1ccccc1OCC(F)(F)F)N1CCC(C(=O)OCC)CC1. The van der Waals surface area contributed by atoms with Crippen LogP contribution in [-0.2, 0) is 16.1 Å². The summed E-state index contributed by atoms with van der Waals surface area (Å²) in [4.78, 5) is 18.5. The summed E-state index contributed by atoms with van der Waals surface area (Å²) in [6.45, 7) is 4.93. The highest BCUT2D eigenvalue weighted by molar-refractivity contribution is 5.80. The molecule has 0 radical (unpaired) electrons. The second kappa shape index (κ2) is 10.9. The highest BCUT2D eigenvalue weighted by atomic mass is 19.4. The molecule has 29 heavy (non-hydrogen) atoms. The lowest BCUT2D eigenvalue weighted by molar-refractivity contribution is -0.153. The van der Waals surface area contributed by atoms with Gasteiger partial charge in [-0.2, -0.15) is 13.2 Å². The Hall–Kier alpha value is -2.45. The quantitative estimate of drug-likeness (QED) is 0.420. The summed E-state index contributed by atoms with van der Waals surface area (Å²) in [5.74, 6) is 0.571. The molecule has 1 N–H and O–H groups in total. The van der Waals surface area contributed by atoms with Crippen molar-refractivity contribution in [2.75, 3.05) is 32.8 Å². The van der Waals surface area contributed by atoms with Crippen LogP contribution in [0.15, 0.2) is 29.3 Å². The van der Waals surface area contributed by atoms with Crippen LogP contribution in [0.5, 0.6) is 5.75 Å². The van der Waals surface area contributed by atoms with Gasteiger partial charge in [0.2, 0.25) is 0 Å². The number of benzene rings is 1. The Morgan fingerprint density at radius 1 is 1.24 bits per heavy atom. The lowest BCUT2D eigenvalue weighted by Crippen LogP contribution is -2.46. The number of alkyl halides is 3. The summed E-state index contributed by atoms with van der Waals surface area (Å²) in [5, 5.41) is 3.21. The predicted molar refractivity (Wildman–Crippen MR) is 104 cm³/mol. The van der Waals surface area contributed by atoms with E-state index in [1.54, 1.807) is 25.1 Å². The van der Waals surface area contributed by atoms with Crippen molar-refractivity contribution in [1.82, 2.24) is 10.2 Å². The lowest BCUT2D eigenvalue weighted by atomic mass is 9.97. The molecule has 0 aliphatic carbocycles. The van der Waals surface area contributed by atoms with E-state index in [1.807, 2.05) is 6.92 Å². The van der Waals surface area contributed by atoms with E-state index in [1.165, 1.54) is 6.07 Å². The number of nitrogens with one attached hydrogen (secondary N) is 1. The summed E-state index contributed by atoms with van der Waals surface area (Å²) >= 11 is 0. The van der Waals surface area contributed by atoms with Crippen LogP contribution < -0.4 is 10.1 Å². The molecule has 1 aliphatic heterocycles. The number of para-hydroxylation sites is 1. The summed E-state index contributed by atoms with van der Waals surface area (Å²) in [6.07, 6.45) is -3.04. The number of hydrogen-bond acceptors (Lipinski definition) is 4. The number of carbonyl (C=O) groups is 1. The van der Waals surface area contributed by atoms with Gasteiger partial charge < -0.3 is 19.7 Å². The smallest absolute Gasteiger partial charge is 0.422 e. The third kappa shape index (κ3) is 7.47. The van der Waals surface area contributed by atoms with Gasteiger partial charge in [-0.05, 0) is 32.8 Å². The van der Waals surface area contributed by atoms with Gasteiger partial charge >= 0.3 is 12.1 Å². The van der Waals surface area contributed by atoms with Gasteiger partial charge in [0.25, 0.3) is 0 Å². The highest BCUT2D eigenvalue weighted by Crippen LogP contribution is 2.23. The third-order valence-electron chi connectivity index (χ3n) is 4.51. The van der Waals surface area contributed by atoms with Gasteiger partial charge in [-0.15, -0.1) is 0 Å². The number of guanidine groups is 1. The van der Waals surface area contributed by atoms with E-state index in [0.29, 0.717) is 50.6 Å². The number of carbonyl (C=O) groups excluding carboxylic acids is 1. The molecule has 0 atom stereocenters. The molecular weight excluding hydrogens is 387 g/mol. The number of esters is 1. The van der Waals surface area contributed by atoms with Gasteiger partial charge in [-0.1, -0.05) is 18.2 Å². The molecule has 1 fully saturated rings. The standard InChI is InChI=1S/C20H28F3N3O3/c1-3-24-19(26-11-9-15(10-12-26)18(27)28-4-2)25-13-16-7-5-6-8-17(16)29-14-20(21,22)23/h5-8,15H,3-4,9-14H2,1-2H3,(H,24,25). The first-order chi connectivity index (χ1) is 13.8. The first kappa shape index (κ1) is 22.8. The third-order valence-corrected chi connectivity index (χ3v) is 4.51. The first-order valence-corrected chi connectivity index (χ1v) is 9.81. The Morgan fingerprint density at radius 3 is 2.55 bits per heavy atom. The molecule has 0 amide bonds. The molecule has 2 rings (SSSR count). The van der Waals surface area contributed by atoms with Gasteiger partial charge in [0.15, 0.2) is 12.6 Å². The average Bonchev–Trinajstić information content (AvgIpc) is 2.70. The summed E-state index contributed by atoms with van der Waals surface area (Å²) < 4.78 is 47.4. The van der Waals surface area contributed by atoms with Crippen LogP contribution in [0.4, 0.5) is 13.2 Å². The maximum Gasteiger partial charge on any atom is 0.422 e. The number of piperidine rings is 1. The lowest BCUT2D eigenvalue weighted by Gasteiger charge is -2.33. The summed E-state index contributed by atoms with van der Waals surface area (Å²) in [5.41, 5.74) is 0.577. The Labute approximate surface area is 169 Å². The summed E-state index contributed by atoms with van der Waals surface area (Å²) in [7, 11) is 0. The van der Waals surface area contributed by atoms with Gasteiger partial charge in [-0.25, -0.2) is 4.99 Å². The van der Waals surface area contributed by atoms with E-state index in [0.717, 1.165) is 0 Å². The van der Waals surface area contributed by atoms with Crippen LogP contribution >= 0.6 is 0 Å². The van der Waals surface area contributed by atoms with Gasteiger partial charge in [0.1, 0.15) is 5.75 Å². The number of rotatable bonds is 7. The van der Waals surface area contributed by atoms with E-state index in [9.17, 15) is 18.0 Å². The van der Waals surface area contributed by atoms with Crippen molar-refractivity contribution in [3.63, 3.8) is 0 Å². The average molecular weight is 415 g/mol. The van der Waals surface area contributed by atoms with Crippen LogP contribution in [0, 0.1) is 5.92 Å². The summed E-state index contributed by atoms with van der Waals surface area (Å²) in [6, 6.07) is 6.58. The molecule has 0 unspecified atom stereocenters. The zero-order valence-electron chi connectivity index (χ0n) is 16.8. The van der Waals surface area contributed by atoms with Crippen molar-refractivity contribution in [2.45, 2.75) is 39.4 Å². The fourth-order valence-electron chi connectivity index (χ4n) is 3.11. The second-order valence-corrected chi connectivity index (χ2v) is 6.70. The van der Waals surface area contributed by atoms with Crippen molar-refractivity contribution >= 4 is 11.9 Å². The predicted octanol–water partition coefficient (Wildman–Crippen LogP) is 3.37. The molecule has 0 saturated carbocycles. The molecule has 0 aromatic heterocycles. The highest BCUT2D eigenvalue weighted by Gasteiger charge is 2.29. The maximum atomic E-state index is 12.5. The molecule has 1 saturated heterocycles. The van der Waals surface area contributed by atoms with Gasteiger partial charge in [-0.3, -0.25) is 4.79 Å². The van der Waals surface area contributed by atoms with Crippen LogP contribution in [0.2, 0.25) is 0 Å². The minimum absolute atomic E-state index is 0.106. The number of aliphatic imine (C=N–C) groups is 1. The van der Waals surface area contributed by atoms with Crippen molar-refractivity contribution in [2.24, 2.45) is 10.9 Å². The molecule has 0 spiro atoms. The van der Waals surface area contributed by atoms with E-state index in [2.05, 4.69) is 15.2 Å². The molecule has 1 heterocycles. The molecule has 0 bridgehead atoms. The van der Waals surface area contributed by atoms with Crippen LogP contribution in [-0.4, -0.2) is 55.9 Å². The number of ether oxygens (including phenoxy) is 2. The Bertz CT molecular complexity index is 687. The van der Waals surface area contributed by atoms with E-state index >= 15 is 0 Å². The maximum absolute atomic E-state index is 12.5. The van der Waals surface area contributed by atoms with Crippen molar-refractivity contribution in [1.29, 1.82) is 0 Å². The van der Waals surface area contributed by atoms with Crippen LogP contribution in [0.25, 0.3) is 0 Å². The zero-order valence-corrected chi connectivity index (χ0v) is 16.8. The topological polar surface area (TPSA) is 63.2 Å². The Kier molecular flexibility index (Phi) is 8.60. The van der Waals surface area contributed by atoms with Crippen LogP contribution in [0.1, 0.15) is 32.3 Å². The fraction of sp³-hybridized carbons (Fsp3) is 0.600. The van der Waals surface area contributed by atoms with E-state index < -0.39 is 12.8 Å². The number of nitrogens with zero attached hydrogens (tertiary/aromatic N) is 2. The minimum Gasteiger partial charge on any atom is -0.484 e. The Morgan fingerprint density at radius 2 is 1.93 bits per heavy atom. The second-order valence-electron chi connectivity index (χ2n) is 6.70. The fourth-order valence-corrected chi connectivity index (χ4v) is 3.11. The first-order valence-electron chi connectivity index (χ1n) is 9.81. The normalized spacial score (nSPS) is 15.9. The minimum atomic E-state index is -4.39. The number of likely N-dealkylation sites (tertiary alicyclic amines) is 1. The van der Waals surface area contributed by atoms with Gasteiger partial charge in [0, 0.05) is 25.2 Å². The molecule has 6 nitrogen and oxygen atoms in total. The van der Waals surface area contributed by atoms with E-state index in [4.69, 9.17) is 9.47 Å². The molecule has 1 aromatic rings. The van der Waals surface area contributed by atoms with Crippen LogP contribution in [0.3, 0.4) is 0 Å². The van der Waals surface area contributed by atoms with Crippen molar-refractivity contribution in [3.8, 4) is 5.75 Å². The molecule has 1 aromatic carbocycles. The van der Waals surface area contributed by atoms with Gasteiger partial charge in [0.05, 0.1) is 19.1 Å². The largest absolute Gasteiger partial charge is 0.484 e. The van der Waals surface area contributed by atoms with E-state index in [-0.39, 0.29) is 24.2 Å². The Balaban J connectivity index is 2.02. The van der Waals surface area contributed by atoms with Crippen molar-refractivity contribution < 1.29 is 27.4 Å². The number of halogens is 3. The molecule has 9 heteroatoms. The molecule has 162 valence electrons. The van der Waals surface area contributed by atoms with Crippen molar-refractivity contribution in [3.05, 3.63) is 29.8 Å². The zero-order chi connectivity index (χ0) is 21.3.